The molecule has 0 bridgehead atoms. The number of hydrogen-bond acceptors (Lipinski definition) is 5. The number of aromatic nitrogens is 1. The largest absolute Gasteiger partial charge is 0.382 e. The van der Waals surface area contributed by atoms with Crippen LogP contribution in [0.1, 0.15) is 17.4 Å². The van der Waals surface area contributed by atoms with Gasteiger partial charge in [0.05, 0.1) is 0 Å². The molecule has 0 radical (unpaired) electrons. The highest BCUT2D eigenvalue weighted by Crippen LogP contribution is 2.07. The van der Waals surface area contributed by atoms with Crippen molar-refractivity contribution in [1.29, 1.82) is 0 Å². The maximum absolute atomic E-state index is 11.5. The summed E-state index contributed by atoms with van der Waals surface area (Å²) in [5.74, 6) is -1.09. The van der Waals surface area contributed by atoms with Crippen molar-refractivity contribution in [3.63, 3.8) is 0 Å². The number of aliphatic hydroxyl groups is 1. The molecular formula is C11H16N4O3. The van der Waals surface area contributed by atoms with Crippen LogP contribution in [0.3, 0.4) is 0 Å². The van der Waals surface area contributed by atoms with Gasteiger partial charge < -0.3 is 21.5 Å². The van der Waals surface area contributed by atoms with Gasteiger partial charge in [-0.05, 0) is 19.1 Å². The summed E-state index contributed by atoms with van der Waals surface area (Å²) in [6, 6.07) is 3.15. The number of carbonyl (C=O) groups excluding carboxylic acids is 2. The summed E-state index contributed by atoms with van der Waals surface area (Å²) in [5.41, 5.74) is 5.75. The molecule has 98 valence electrons. The second kappa shape index (κ2) is 6.55. The molecule has 0 aliphatic heterocycles. The van der Waals surface area contributed by atoms with E-state index in [4.69, 9.17) is 5.73 Å². The first kappa shape index (κ1) is 13.9. The molecule has 0 aromatic carbocycles. The number of nitrogens with one attached hydrogen (secondary N) is 2. The fourth-order valence-electron chi connectivity index (χ4n) is 1.23. The van der Waals surface area contributed by atoms with E-state index in [2.05, 4.69) is 15.6 Å². The highest BCUT2D eigenvalue weighted by molar-refractivity contribution is 5.93. The molecule has 1 unspecified atom stereocenters. The zero-order valence-electron chi connectivity index (χ0n) is 10.0. The van der Waals surface area contributed by atoms with E-state index >= 15 is 0 Å². The third kappa shape index (κ3) is 4.02. The summed E-state index contributed by atoms with van der Waals surface area (Å²) in [5, 5.41) is 14.6. The molecule has 5 N–H and O–H groups in total. The summed E-state index contributed by atoms with van der Waals surface area (Å²) < 4.78 is 0. The van der Waals surface area contributed by atoms with Crippen molar-refractivity contribution in [3.05, 3.63) is 24.0 Å². The van der Waals surface area contributed by atoms with Gasteiger partial charge in [0.1, 0.15) is 11.8 Å². The molecule has 7 heteroatoms. The van der Waals surface area contributed by atoms with E-state index in [0.29, 0.717) is 12.2 Å². The molecule has 0 spiro atoms. The summed E-state index contributed by atoms with van der Waals surface area (Å²) in [4.78, 5) is 26.1. The first-order valence-corrected chi connectivity index (χ1v) is 5.50. The lowest BCUT2D eigenvalue weighted by Gasteiger charge is -2.10. The maximum atomic E-state index is 11.5. The number of amides is 2. The molecule has 0 fully saturated rings. The summed E-state index contributed by atoms with van der Waals surface area (Å²) >= 11 is 0. The lowest BCUT2D eigenvalue weighted by molar-refractivity contribution is -0.125. The van der Waals surface area contributed by atoms with Crippen LogP contribution in [0.4, 0.5) is 5.69 Å². The van der Waals surface area contributed by atoms with Crippen molar-refractivity contribution in [2.75, 3.05) is 18.4 Å². The Bertz CT molecular complexity index is 436. The van der Waals surface area contributed by atoms with Gasteiger partial charge in [-0.15, -0.1) is 0 Å². The zero-order chi connectivity index (χ0) is 13.5. The van der Waals surface area contributed by atoms with Crippen molar-refractivity contribution in [2.24, 2.45) is 5.73 Å². The van der Waals surface area contributed by atoms with Crippen LogP contribution in [0.5, 0.6) is 0 Å². The Labute approximate surface area is 104 Å². The monoisotopic (exact) mass is 252 g/mol. The van der Waals surface area contributed by atoms with E-state index in [1.54, 1.807) is 6.07 Å². The van der Waals surface area contributed by atoms with Crippen molar-refractivity contribution in [3.8, 4) is 0 Å². The van der Waals surface area contributed by atoms with E-state index in [9.17, 15) is 14.7 Å². The number of anilines is 1. The molecule has 1 aromatic heterocycles. The Kier molecular flexibility index (Phi) is 5.06. The Morgan fingerprint density at radius 3 is 2.89 bits per heavy atom. The number of rotatable bonds is 6. The lowest BCUT2D eigenvalue weighted by Crippen LogP contribution is -2.34. The molecule has 1 aromatic rings. The van der Waals surface area contributed by atoms with E-state index in [1.165, 1.54) is 12.3 Å². The molecule has 7 nitrogen and oxygen atoms in total. The van der Waals surface area contributed by atoms with Crippen LogP contribution in [0.25, 0.3) is 0 Å². The van der Waals surface area contributed by atoms with Crippen LogP contribution < -0.4 is 16.4 Å². The van der Waals surface area contributed by atoms with Crippen LogP contribution in [0, 0.1) is 0 Å². The fraction of sp³-hybridized carbons (Fsp3) is 0.364. The number of aliphatic hydroxyl groups excluding tert-OH is 1. The normalized spacial score (nSPS) is 11.7. The molecule has 1 heterocycles. The van der Waals surface area contributed by atoms with E-state index < -0.39 is 12.0 Å². The predicted octanol–water partition coefficient (Wildman–Crippen LogP) is -0.911. The average Bonchev–Trinajstić information content (AvgIpc) is 2.36. The van der Waals surface area contributed by atoms with Gasteiger partial charge in [-0.25, -0.2) is 0 Å². The van der Waals surface area contributed by atoms with E-state index in [-0.39, 0.29) is 18.1 Å². The summed E-state index contributed by atoms with van der Waals surface area (Å²) in [6.45, 7) is 2.30. The first-order valence-electron chi connectivity index (χ1n) is 5.50. The number of hydrogen-bond donors (Lipinski definition) is 4. The van der Waals surface area contributed by atoms with Crippen molar-refractivity contribution >= 4 is 17.5 Å². The molecule has 1 rings (SSSR count). The predicted molar refractivity (Wildman–Crippen MR) is 65.9 cm³/mol. The van der Waals surface area contributed by atoms with Gasteiger partial charge in [-0.2, -0.15) is 0 Å². The van der Waals surface area contributed by atoms with Crippen LogP contribution in [-0.4, -0.2) is 41.1 Å². The molecular weight excluding hydrogens is 236 g/mol. The van der Waals surface area contributed by atoms with Gasteiger partial charge in [0.15, 0.2) is 0 Å². The van der Waals surface area contributed by atoms with Gasteiger partial charge in [0, 0.05) is 25.0 Å². The Hall–Kier alpha value is -2.15. The minimum absolute atomic E-state index is 0.0197. The molecule has 18 heavy (non-hydrogen) atoms. The molecule has 0 aliphatic rings. The smallest absolute Gasteiger partial charge is 0.269 e. The minimum atomic E-state index is -1.27. The number of carbonyl (C=O) groups is 2. The third-order valence-electron chi connectivity index (χ3n) is 2.16. The standard InChI is InChI=1S/C11H16N4O3/c1-2-13-11(18)8-5-7(3-4-14-8)15-6-9(16)10(12)17/h3-5,9,16H,2,6H2,1H3,(H2,12,17)(H,13,18)(H,14,15). The maximum Gasteiger partial charge on any atom is 0.269 e. The Morgan fingerprint density at radius 1 is 1.56 bits per heavy atom. The average molecular weight is 252 g/mol. The molecule has 0 saturated heterocycles. The highest BCUT2D eigenvalue weighted by Gasteiger charge is 2.11. The lowest BCUT2D eigenvalue weighted by atomic mass is 10.2. The fourth-order valence-corrected chi connectivity index (χ4v) is 1.23. The van der Waals surface area contributed by atoms with E-state index in [1.807, 2.05) is 6.92 Å². The molecule has 0 aliphatic carbocycles. The van der Waals surface area contributed by atoms with E-state index in [0.717, 1.165) is 0 Å². The highest BCUT2D eigenvalue weighted by atomic mass is 16.3. The first-order chi connectivity index (χ1) is 8.54. The Morgan fingerprint density at radius 2 is 2.28 bits per heavy atom. The molecule has 0 saturated carbocycles. The van der Waals surface area contributed by atoms with Gasteiger partial charge >= 0.3 is 0 Å². The van der Waals surface area contributed by atoms with Crippen molar-refractivity contribution in [2.45, 2.75) is 13.0 Å². The number of pyridine rings is 1. The number of primary amides is 1. The summed E-state index contributed by atoms with van der Waals surface area (Å²) in [6.07, 6.45) is 0.190. The topological polar surface area (TPSA) is 117 Å². The van der Waals surface area contributed by atoms with Crippen LogP contribution in [-0.2, 0) is 4.79 Å². The Balaban J connectivity index is 2.65. The molecule has 1 atom stereocenters. The van der Waals surface area contributed by atoms with Crippen LogP contribution in [0.15, 0.2) is 18.3 Å². The second-order valence-electron chi connectivity index (χ2n) is 3.59. The van der Waals surface area contributed by atoms with Crippen LogP contribution in [0.2, 0.25) is 0 Å². The van der Waals surface area contributed by atoms with Gasteiger partial charge in [0.25, 0.3) is 5.91 Å². The molecule has 2 amide bonds. The van der Waals surface area contributed by atoms with Gasteiger partial charge in [-0.1, -0.05) is 0 Å². The van der Waals surface area contributed by atoms with Gasteiger partial charge in [-0.3, -0.25) is 14.6 Å². The quantitative estimate of drug-likeness (QED) is 0.523. The summed E-state index contributed by atoms with van der Waals surface area (Å²) in [7, 11) is 0. The van der Waals surface area contributed by atoms with Gasteiger partial charge in [0.2, 0.25) is 5.91 Å². The van der Waals surface area contributed by atoms with Crippen molar-refractivity contribution in [1.82, 2.24) is 10.3 Å². The third-order valence-corrected chi connectivity index (χ3v) is 2.16. The zero-order valence-corrected chi connectivity index (χ0v) is 10.0. The number of nitrogens with two attached hydrogens (primary N) is 1. The number of nitrogens with zero attached hydrogens (tertiary/aromatic N) is 1. The minimum Gasteiger partial charge on any atom is -0.382 e. The van der Waals surface area contributed by atoms with Crippen molar-refractivity contribution < 1.29 is 14.7 Å². The van der Waals surface area contributed by atoms with Crippen LogP contribution >= 0.6 is 0 Å². The second-order valence-corrected chi connectivity index (χ2v) is 3.59. The SMILES string of the molecule is CCNC(=O)c1cc(NCC(O)C(N)=O)ccn1.